The summed E-state index contributed by atoms with van der Waals surface area (Å²) < 4.78 is 5.91. The molecule has 1 aliphatic rings. The molecule has 0 spiro atoms. The molecule has 1 saturated heterocycles. The van der Waals surface area contributed by atoms with Crippen molar-refractivity contribution in [3.05, 3.63) is 28.8 Å². The molecule has 0 aromatic heterocycles. The Balaban J connectivity index is 1.81. The van der Waals surface area contributed by atoms with Crippen LogP contribution in [0.25, 0.3) is 0 Å². The Hall–Kier alpha value is -0.810. The van der Waals surface area contributed by atoms with E-state index in [1.165, 1.54) is 32.1 Å². The number of β-amino-alcohol motifs (C(OH)–C–C–N with tert-alkyl or cyclic N) is 1. The van der Waals surface area contributed by atoms with Gasteiger partial charge in [-0.15, -0.1) is 0 Å². The number of halogens is 1. The van der Waals surface area contributed by atoms with E-state index >= 15 is 0 Å². The summed E-state index contributed by atoms with van der Waals surface area (Å²) in [5.74, 6) is 0.809. The van der Waals surface area contributed by atoms with Gasteiger partial charge in [0.25, 0.3) is 0 Å². The number of hydrogen-bond acceptors (Lipinski definition) is 4. The van der Waals surface area contributed by atoms with Gasteiger partial charge in [0.1, 0.15) is 18.5 Å². The minimum absolute atomic E-state index is 0.320. The van der Waals surface area contributed by atoms with Crippen molar-refractivity contribution in [2.45, 2.75) is 58.1 Å². The number of rotatable bonds is 10. The molecule has 1 atom stereocenters. The summed E-state index contributed by atoms with van der Waals surface area (Å²) in [6.45, 7) is 7.09. The van der Waals surface area contributed by atoms with E-state index in [9.17, 15) is 5.11 Å². The molecular weight excluding hydrogens is 336 g/mol. The summed E-state index contributed by atoms with van der Waals surface area (Å²) in [6, 6.07) is 5.68. The molecule has 5 heteroatoms. The van der Waals surface area contributed by atoms with Gasteiger partial charge in [-0.3, -0.25) is 0 Å². The number of benzene rings is 1. The van der Waals surface area contributed by atoms with E-state index in [-0.39, 0.29) is 0 Å². The van der Waals surface area contributed by atoms with Crippen molar-refractivity contribution >= 4 is 11.6 Å². The monoisotopic (exact) mass is 368 g/mol. The zero-order valence-electron chi connectivity index (χ0n) is 15.5. The molecule has 1 aliphatic heterocycles. The molecule has 25 heavy (non-hydrogen) atoms. The third-order valence-corrected chi connectivity index (χ3v) is 4.88. The zero-order valence-corrected chi connectivity index (χ0v) is 16.2. The Bertz CT molecular complexity index is 491. The normalized spacial score (nSPS) is 17.2. The fraction of sp³-hybridized carbons (Fsp3) is 0.700. The average molecular weight is 369 g/mol. The highest BCUT2D eigenvalue weighted by Gasteiger charge is 2.15. The lowest BCUT2D eigenvalue weighted by Crippen LogP contribution is -2.36. The number of hydrogen-bond donors (Lipinski definition) is 2. The first-order chi connectivity index (χ1) is 12.2. The van der Waals surface area contributed by atoms with Crippen molar-refractivity contribution in [2.75, 3.05) is 32.8 Å². The van der Waals surface area contributed by atoms with Gasteiger partial charge in [0.2, 0.25) is 0 Å². The lowest BCUT2D eigenvalue weighted by molar-refractivity contribution is 0.0690. The van der Waals surface area contributed by atoms with Crippen LogP contribution in [0.2, 0.25) is 5.02 Å². The maximum absolute atomic E-state index is 10.3. The van der Waals surface area contributed by atoms with Crippen molar-refractivity contribution < 1.29 is 9.84 Å². The average Bonchev–Trinajstić information content (AvgIpc) is 2.86. The molecule has 2 N–H and O–H groups in total. The number of unbranched alkanes of at least 4 members (excludes halogenated alkanes) is 1. The quantitative estimate of drug-likeness (QED) is 0.616. The van der Waals surface area contributed by atoms with E-state index < -0.39 is 6.10 Å². The van der Waals surface area contributed by atoms with Crippen LogP contribution in [0.1, 0.15) is 51.0 Å². The molecule has 0 bridgehead atoms. The summed E-state index contributed by atoms with van der Waals surface area (Å²) in [4.78, 5) is 2.36. The van der Waals surface area contributed by atoms with E-state index in [0.29, 0.717) is 18.2 Å². The van der Waals surface area contributed by atoms with Crippen molar-refractivity contribution in [1.82, 2.24) is 10.2 Å². The van der Waals surface area contributed by atoms with Gasteiger partial charge in [-0.05, 0) is 57.1 Å². The minimum atomic E-state index is -0.463. The van der Waals surface area contributed by atoms with Crippen LogP contribution >= 0.6 is 11.6 Å². The van der Waals surface area contributed by atoms with E-state index in [2.05, 4.69) is 17.1 Å². The van der Waals surface area contributed by atoms with E-state index in [4.69, 9.17) is 16.3 Å². The third-order valence-electron chi connectivity index (χ3n) is 4.64. The Labute approximate surface area is 157 Å². The third kappa shape index (κ3) is 7.95. The molecular formula is C20H33ClN2O2. The number of nitrogens with zero attached hydrogens (tertiary/aromatic N) is 1. The molecule has 0 radical (unpaired) electrons. The molecule has 0 aliphatic carbocycles. The molecule has 0 saturated carbocycles. The molecule has 0 amide bonds. The molecule has 4 nitrogen and oxygen atoms in total. The second kappa shape index (κ2) is 11.7. The smallest absolute Gasteiger partial charge is 0.124 e. The Morgan fingerprint density at radius 2 is 2.00 bits per heavy atom. The first-order valence-corrected chi connectivity index (χ1v) is 10.1. The van der Waals surface area contributed by atoms with Crippen LogP contribution in [-0.4, -0.2) is 48.9 Å². The lowest BCUT2D eigenvalue weighted by Gasteiger charge is -2.23. The number of nitrogens with one attached hydrogen (secondary N) is 1. The van der Waals surface area contributed by atoms with Crippen molar-refractivity contribution in [3.8, 4) is 5.75 Å². The topological polar surface area (TPSA) is 44.7 Å². The van der Waals surface area contributed by atoms with E-state index in [1.54, 1.807) is 0 Å². The molecule has 1 aromatic carbocycles. The summed E-state index contributed by atoms with van der Waals surface area (Å²) in [7, 11) is 0. The van der Waals surface area contributed by atoms with Crippen LogP contribution in [0, 0.1) is 0 Å². The SMILES string of the molecule is CCCCNCc1cc(Cl)ccc1OCC(O)CN1CCCCCC1. The van der Waals surface area contributed by atoms with Crippen molar-refractivity contribution in [2.24, 2.45) is 0 Å². The van der Waals surface area contributed by atoms with Gasteiger partial charge in [-0.2, -0.15) is 0 Å². The first kappa shape index (κ1) is 20.5. The number of likely N-dealkylation sites (tertiary alicyclic amines) is 1. The molecule has 1 fully saturated rings. The van der Waals surface area contributed by atoms with Crippen LogP contribution < -0.4 is 10.1 Å². The molecule has 142 valence electrons. The Kier molecular flexibility index (Phi) is 9.63. The fourth-order valence-corrected chi connectivity index (χ4v) is 3.40. The van der Waals surface area contributed by atoms with Gasteiger partial charge in [-0.1, -0.05) is 37.8 Å². The number of ether oxygens (including phenoxy) is 1. The van der Waals surface area contributed by atoms with Crippen LogP contribution in [0.5, 0.6) is 5.75 Å². The zero-order chi connectivity index (χ0) is 17.9. The molecule has 1 unspecified atom stereocenters. The van der Waals surface area contributed by atoms with E-state index in [0.717, 1.165) is 43.9 Å². The first-order valence-electron chi connectivity index (χ1n) is 9.71. The van der Waals surface area contributed by atoms with Crippen LogP contribution in [0.15, 0.2) is 18.2 Å². The van der Waals surface area contributed by atoms with E-state index in [1.807, 2.05) is 18.2 Å². The minimum Gasteiger partial charge on any atom is -0.491 e. The predicted molar refractivity (Wildman–Crippen MR) is 104 cm³/mol. The summed E-state index contributed by atoms with van der Waals surface area (Å²) in [6.07, 6.45) is 6.95. The number of aliphatic hydroxyl groups is 1. The fourth-order valence-electron chi connectivity index (χ4n) is 3.21. The standard InChI is InChI=1S/C20H33ClN2O2/c1-2-3-10-22-14-17-13-18(21)8-9-20(17)25-16-19(24)15-23-11-6-4-5-7-12-23/h8-9,13,19,22,24H,2-7,10-12,14-16H2,1H3. The highest BCUT2D eigenvalue weighted by atomic mass is 35.5. The predicted octanol–water partition coefficient (Wildman–Crippen LogP) is 3.85. The maximum atomic E-state index is 10.3. The summed E-state index contributed by atoms with van der Waals surface area (Å²) in [5, 5.41) is 14.5. The van der Waals surface area contributed by atoms with Crippen LogP contribution in [0.3, 0.4) is 0 Å². The Morgan fingerprint density at radius 3 is 2.72 bits per heavy atom. The molecule has 1 aromatic rings. The van der Waals surface area contributed by atoms with Gasteiger partial charge in [-0.25, -0.2) is 0 Å². The molecule has 2 rings (SSSR count). The van der Waals surface area contributed by atoms with Crippen LogP contribution in [-0.2, 0) is 6.54 Å². The van der Waals surface area contributed by atoms with Gasteiger partial charge in [0, 0.05) is 23.7 Å². The highest BCUT2D eigenvalue weighted by Crippen LogP contribution is 2.23. The largest absolute Gasteiger partial charge is 0.491 e. The summed E-state index contributed by atoms with van der Waals surface area (Å²) >= 11 is 6.12. The van der Waals surface area contributed by atoms with Crippen LogP contribution in [0.4, 0.5) is 0 Å². The molecule has 1 heterocycles. The Morgan fingerprint density at radius 1 is 1.24 bits per heavy atom. The summed E-state index contributed by atoms with van der Waals surface area (Å²) in [5.41, 5.74) is 1.05. The second-order valence-electron chi connectivity index (χ2n) is 6.96. The van der Waals surface area contributed by atoms with Crippen molar-refractivity contribution in [3.63, 3.8) is 0 Å². The second-order valence-corrected chi connectivity index (χ2v) is 7.40. The van der Waals surface area contributed by atoms with Gasteiger partial charge >= 0.3 is 0 Å². The van der Waals surface area contributed by atoms with Gasteiger partial charge < -0.3 is 20.1 Å². The maximum Gasteiger partial charge on any atom is 0.124 e. The highest BCUT2D eigenvalue weighted by molar-refractivity contribution is 6.30. The lowest BCUT2D eigenvalue weighted by atomic mass is 10.2. The van der Waals surface area contributed by atoms with Gasteiger partial charge in [0.05, 0.1) is 0 Å². The van der Waals surface area contributed by atoms with Gasteiger partial charge in [0.15, 0.2) is 0 Å². The van der Waals surface area contributed by atoms with Crippen molar-refractivity contribution in [1.29, 1.82) is 0 Å². The number of aliphatic hydroxyl groups excluding tert-OH is 1.